The second-order valence-electron chi connectivity index (χ2n) is 8.26. The zero-order valence-electron chi connectivity index (χ0n) is 19.5. The summed E-state index contributed by atoms with van der Waals surface area (Å²) in [5.41, 5.74) is 3.31. The Labute approximate surface area is 207 Å². The van der Waals surface area contributed by atoms with Gasteiger partial charge in [-0.2, -0.15) is 5.10 Å². The molecule has 3 rings (SSSR count). The molecule has 7 nitrogen and oxygen atoms in total. The molecule has 1 aromatic heterocycles. The maximum Gasteiger partial charge on any atom is 0.191 e. The molecular formula is C23H36FIN6O. The van der Waals surface area contributed by atoms with Gasteiger partial charge in [0.05, 0.1) is 24.9 Å². The number of aliphatic imine (C=N–C) groups is 1. The van der Waals surface area contributed by atoms with Crippen LogP contribution >= 0.6 is 24.0 Å². The number of aryl methyl sites for hydroxylation is 2. The first kappa shape index (κ1) is 26.5. The van der Waals surface area contributed by atoms with E-state index >= 15 is 0 Å². The lowest BCUT2D eigenvalue weighted by molar-refractivity contribution is 0.0170. The Balaban J connectivity index is 0.00000363. The molecule has 0 bridgehead atoms. The van der Waals surface area contributed by atoms with Gasteiger partial charge in [0.1, 0.15) is 5.82 Å². The number of hydrogen-bond acceptors (Lipinski definition) is 4. The summed E-state index contributed by atoms with van der Waals surface area (Å²) in [6.45, 7) is 11.8. The maximum absolute atomic E-state index is 13.4. The van der Waals surface area contributed by atoms with Crippen molar-refractivity contribution in [2.75, 3.05) is 46.4 Å². The summed E-state index contributed by atoms with van der Waals surface area (Å²) in [7, 11) is 1.78. The van der Waals surface area contributed by atoms with Gasteiger partial charge in [-0.15, -0.1) is 24.0 Å². The second-order valence-corrected chi connectivity index (χ2v) is 8.26. The van der Waals surface area contributed by atoms with Gasteiger partial charge in [-0.1, -0.05) is 19.1 Å². The molecule has 0 radical (unpaired) electrons. The lowest BCUT2D eigenvalue weighted by atomic mass is 10.0. The molecule has 2 aromatic rings. The van der Waals surface area contributed by atoms with Crippen molar-refractivity contribution in [1.82, 2.24) is 25.3 Å². The molecule has 0 aliphatic carbocycles. The minimum absolute atomic E-state index is 0. The Morgan fingerprint density at radius 3 is 2.41 bits per heavy atom. The van der Waals surface area contributed by atoms with E-state index in [1.54, 1.807) is 7.05 Å². The monoisotopic (exact) mass is 558 g/mol. The largest absolute Gasteiger partial charge is 0.379 e. The molecule has 2 N–H and O–H groups in total. The average Bonchev–Trinajstić information content (AvgIpc) is 3.08. The van der Waals surface area contributed by atoms with Crippen molar-refractivity contribution < 1.29 is 9.13 Å². The highest BCUT2D eigenvalue weighted by molar-refractivity contribution is 14.0. The summed E-state index contributed by atoms with van der Waals surface area (Å²) >= 11 is 0. The number of ether oxygens (including phenoxy) is 1. The van der Waals surface area contributed by atoms with E-state index < -0.39 is 0 Å². The predicted molar refractivity (Wildman–Crippen MR) is 137 cm³/mol. The highest BCUT2D eigenvalue weighted by Crippen LogP contribution is 2.21. The number of halogens is 2. The van der Waals surface area contributed by atoms with E-state index in [-0.39, 0.29) is 35.8 Å². The molecule has 1 aliphatic rings. The van der Waals surface area contributed by atoms with Crippen LogP contribution in [0.25, 0.3) is 0 Å². The topological polar surface area (TPSA) is 66.7 Å². The molecule has 0 spiro atoms. The molecule has 1 aliphatic heterocycles. The first-order chi connectivity index (χ1) is 15.0. The van der Waals surface area contributed by atoms with E-state index in [2.05, 4.69) is 50.2 Å². The van der Waals surface area contributed by atoms with Gasteiger partial charge in [0.2, 0.25) is 0 Å². The summed E-state index contributed by atoms with van der Waals surface area (Å²) in [4.78, 5) is 6.76. The van der Waals surface area contributed by atoms with E-state index in [1.165, 1.54) is 17.8 Å². The third-order valence-electron chi connectivity index (χ3n) is 5.63. The van der Waals surface area contributed by atoms with Crippen LogP contribution in [-0.2, 0) is 11.3 Å². The first-order valence-electron chi connectivity index (χ1n) is 11.0. The number of hydrogen-bond donors (Lipinski definition) is 2. The van der Waals surface area contributed by atoms with Crippen molar-refractivity contribution in [2.45, 2.75) is 33.4 Å². The fraction of sp³-hybridized carbons (Fsp3) is 0.565. The molecule has 2 heterocycles. The zero-order valence-corrected chi connectivity index (χ0v) is 21.8. The highest BCUT2D eigenvalue weighted by atomic mass is 127. The molecule has 178 valence electrons. The molecule has 1 aromatic carbocycles. The lowest BCUT2D eigenvalue weighted by Crippen LogP contribution is -2.47. The fourth-order valence-corrected chi connectivity index (χ4v) is 3.94. The SMILES string of the molecule is CN=C(NCC(C)Cn1nc(C)cc1C)NCC(c1ccc(F)cc1)N1CCOCC1.I. The number of guanidine groups is 1. The molecule has 1 fully saturated rings. The normalized spacial score (nSPS) is 16.8. The molecular weight excluding hydrogens is 522 g/mol. The van der Waals surface area contributed by atoms with Crippen molar-refractivity contribution in [1.29, 1.82) is 0 Å². The van der Waals surface area contributed by atoms with Crippen molar-refractivity contribution in [3.05, 3.63) is 53.1 Å². The van der Waals surface area contributed by atoms with Gasteiger partial charge in [0, 0.05) is 45.5 Å². The number of benzene rings is 1. The van der Waals surface area contributed by atoms with Gasteiger partial charge < -0.3 is 15.4 Å². The molecule has 0 saturated carbocycles. The van der Waals surface area contributed by atoms with Crippen LogP contribution in [-0.4, -0.2) is 67.1 Å². The van der Waals surface area contributed by atoms with E-state index in [9.17, 15) is 4.39 Å². The zero-order chi connectivity index (χ0) is 22.2. The summed E-state index contributed by atoms with van der Waals surface area (Å²) < 4.78 is 21.0. The first-order valence-corrected chi connectivity index (χ1v) is 11.0. The Bertz CT molecular complexity index is 851. The van der Waals surface area contributed by atoms with Gasteiger partial charge in [0.15, 0.2) is 5.96 Å². The van der Waals surface area contributed by atoms with Crippen molar-refractivity contribution in [3.8, 4) is 0 Å². The van der Waals surface area contributed by atoms with Crippen molar-refractivity contribution in [3.63, 3.8) is 0 Å². The van der Waals surface area contributed by atoms with Gasteiger partial charge in [0.25, 0.3) is 0 Å². The summed E-state index contributed by atoms with van der Waals surface area (Å²) in [6.07, 6.45) is 0. The lowest BCUT2D eigenvalue weighted by Gasteiger charge is -2.35. The van der Waals surface area contributed by atoms with Crippen molar-refractivity contribution in [2.24, 2.45) is 10.9 Å². The van der Waals surface area contributed by atoms with Gasteiger partial charge >= 0.3 is 0 Å². The highest BCUT2D eigenvalue weighted by Gasteiger charge is 2.23. The Hall–Kier alpha value is -1.72. The van der Waals surface area contributed by atoms with Crippen LogP contribution in [0.3, 0.4) is 0 Å². The van der Waals surface area contributed by atoms with Crippen LogP contribution in [0.15, 0.2) is 35.3 Å². The number of aromatic nitrogens is 2. The van der Waals surface area contributed by atoms with E-state index in [4.69, 9.17) is 4.74 Å². The van der Waals surface area contributed by atoms with Crippen LogP contribution in [0.1, 0.15) is 29.9 Å². The summed E-state index contributed by atoms with van der Waals surface area (Å²) in [5, 5.41) is 11.4. The van der Waals surface area contributed by atoms with Crippen molar-refractivity contribution >= 4 is 29.9 Å². The fourth-order valence-electron chi connectivity index (χ4n) is 3.94. The molecule has 2 atom stereocenters. The van der Waals surface area contributed by atoms with Gasteiger partial charge in [-0.05, 0) is 43.5 Å². The molecule has 32 heavy (non-hydrogen) atoms. The maximum atomic E-state index is 13.4. The Kier molecular flexibility index (Phi) is 10.9. The van der Waals surface area contributed by atoms with E-state index in [0.29, 0.717) is 25.7 Å². The van der Waals surface area contributed by atoms with E-state index in [1.807, 2.05) is 19.1 Å². The van der Waals surface area contributed by atoms with Crippen LogP contribution in [0, 0.1) is 25.6 Å². The second kappa shape index (κ2) is 13.1. The molecule has 2 unspecified atom stereocenters. The standard InChI is InChI=1S/C23H35FN6O.HI/c1-17(16-30-19(3)13-18(2)28-30)14-26-23(25-4)27-15-22(29-9-11-31-12-10-29)20-5-7-21(24)8-6-20;/h5-8,13,17,22H,9-12,14-16H2,1-4H3,(H2,25,26,27);1H. The minimum Gasteiger partial charge on any atom is -0.379 e. The average molecular weight is 558 g/mol. The summed E-state index contributed by atoms with van der Waals surface area (Å²) in [5.74, 6) is 0.941. The molecule has 0 amide bonds. The molecule has 1 saturated heterocycles. The number of nitrogens with one attached hydrogen (secondary N) is 2. The summed E-state index contributed by atoms with van der Waals surface area (Å²) in [6, 6.07) is 9.00. The van der Waals surface area contributed by atoms with Gasteiger partial charge in [-0.25, -0.2) is 4.39 Å². The van der Waals surface area contributed by atoms with Gasteiger partial charge in [-0.3, -0.25) is 14.6 Å². The third-order valence-corrected chi connectivity index (χ3v) is 5.63. The van der Waals surface area contributed by atoms with Crippen LogP contribution in [0.5, 0.6) is 0 Å². The number of morpholine rings is 1. The predicted octanol–water partition coefficient (Wildman–Crippen LogP) is 3.13. The third kappa shape index (κ3) is 7.70. The van der Waals surface area contributed by atoms with Crippen LogP contribution < -0.4 is 10.6 Å². The van der Waals surface area contributed by atoms with E-state index in [0.717, 1.165) is 43.4 Å². The number of rotatable bonds is 8. The Morgan fingerprint density at radius 2 is 1.81 bits per heavy atom. The molecule has 9 heteroatoms. The Morgan fingerprint density at radius 1 is 1.16 bits per heavy atom. The van der Waals surface area contributed by atoms with Crippen LogP contribution in [0.2, 0.25) is 0 Å². The number of nitrogens with zero attached hydrogens (tertiary/aromatic N) is 4. The quantitative estimate of drug-likeness (QED) is 0.296. The van der Waals surface area contributed by atoms with Crippen LogP contribution in [0.4, 0.5) is 4.39 Å². The smallest absolute Gasteiger partial charge is 0.191 e. The minimum atomic E-state index is -0.216.